The topological polar surface area (TPSA) is 89.0 Å². The molecule has 30 heavy (non-hydrogen) atoms. The largest absolute Gasteiger partial charge is 0.383 e. The second-order valence-electron chi connectivity index (χ2n) is 7.19. The van der Waals surface area contributed by atoms with E-state index in [0.29, 0.717) is 26.0 Å². The normalized spacial score (nSPS) is 16.3. The predicted octanol–water partition coefficient (Wildman–Crippen LogP) is 1.98. The fourth-order valence-electron chi connectivity index (χ4n) is 3.30. The fourth-order valence-corrected chi connectivity index (χ4v) is 3.30. The number of carbonyl (C=O) groups is 2. The standard InChI is InChI=1S/C23H27N3O4/c1-16-8-6-7-11-18(16)19-15-21(30-26-19)23(28)25-20(22(27)24-12-13-29-2)14-17-9-4-3-5-10-17/h3-11,20-21H,12-15H2,1-2H3,(H,24,27)(H,25,28)/t20-,21+/m1/s1. The summed E-state index contributed by atoms with van der Waals surface area (Å²) in [5.74, 6) is -0.618. The first-order chi connectivity index (χ1) is 14.6. The Kier molecular flexibility index (Phi) is 7.57. The highest BCUT2D eigenvalue weighted by Gasteiger charge is 2.32. The van der Waals surface area contributed by atoms with E-state index in [9.17, 15) is 9.59 Å². The van der Waals surface area contributed by atoms with Gasteiger partial charge in [0.2, 0.25) is 12.0 Å². The summed E-state index contributed by atoms with van der Waals surface area (Å²) in [5, 5.41) is 9.73. The van der Waals surface area contributed by atoms with Crippen molar-refractivity contribution >= 4 is 17.5 Å². The van der Waals surface area contributed by atoms with E-state index in [2.05, 4.69) is 15.8 Å². The second-order valence-corrected chi connectivity index (χ2v) is 7.19. The highest BCUT2D eigenvalue weighted by Crippen LogP contribution is 2.19. The van der Waals surface area contributed by atoms with Gasteiger partial charge in [-0.25, -0.2) is 0 Å². The third-order valence-electron chi connectivity index (χ3n) is 4.94. The van der Waals surface area contributed by atoms with E-state index in [-0.39, 0.29) is 11.8 Å². The predicted molar refractivity (Wildman–Crippen MR) is 114 cm³/mol. The molecule has 0 unspecified atom stereocenters. The molecule has 2 aromatic rings. The van der Waals surface area contributed by atoms with Crippen LogP contribution >= 0.6 is 0 Å². The Hall–Kier alpha value is -3.19. The maximum atomic E-state index is 12.8. The van der Waals surface area contributed by atoms with Crippen LogP contribution in [0.4, 0.5) is 0 Å². The molecule has 158 valence electrons. The van der Waals surface area contributed by atoms with E-state index in [0.717, 1.165) is 22.4 Å². The van der Waals surface area contributed by atoms with Gasteiger partial charge in [-0.15, -0.1) is 0 Å². The Morgan fingerprint density at radius 1 is 1.17 bits per heavy atom. The van der Waals surface area contributed by atoms with Gasteiger partial charge in [0.25, 0.3) is 5.91 Å². The Labute approximate surface area is 176 Å². The summed E-state index contributed by atoms with van der Waals surface area (Å²) in [4.78, 5) is 30.9. The van der Waals surface area contributed by atoms with Crippen LogP contribution in [0.15, 0.2) is 59.8 Å². The van der Waals surface area contributed by atoms with E-state index in [1.54, 1.807) is 7.11 Å². The van der Waals surface area contributed by atoms with Crippen molar-refractivity contribution < 1.29 is 19.2 Å². The Morgan fingerprint density at radius 3 is 2.63 bits per heavy atom. The maximum Gasteiger partial charge on any atom is 0.265 e. The van der Waals surface area contributed by atoms with Crippen molar-refractivity contribution in [3.63, 3.8) is 0 Å². The lowest BCUT2D eigenvalue weighted by molar-refractivity contribution is -0.135. The highest BCUT2D eigenvalue weighted by molar-refractivity contribution is 6.05. The number of amides is 2. The van der Waals surface area contributed by atoms with Crippen molar-refractivity contribution in [3.05, 3.63) is 71.3 Å². The monoisotopic (exact) mass is 409 g/mol. The van der Waals surface area contributed by atoms with E-state index in [1.807, 2.05) is 61.5 Å². The molecule has 0 fully saturated rings. The summed E-state index contributed by atoms with van der Waals surface area (Å²) in [6, 6.07) is 16.7. The first-order valence-corrected chi connectivity index (χ1v) is 9.98. The fraction of sp³-hybridized carbons (Fsp3) is 0.348. The van der Waals surface area contributed by atoms with Crippen molar-refractivity contribution in [1.82, 2.24) is 10.6 Å². The first-order valence-electron chi connectivity index (χ1n) is 9.98. The Bertz CT molecular complexity index is 898. The van der Waals surface area contributed by atoms with Crippen LogP contribution in [-0.2, 0) is 25.6 Å². The molecule has 2 aromatic carbocycles. The van der Waals surface area contributed by atoms with Crippen LogP contribution in [0.5, 0.6) is 0 Å². The Morgan fingerprint density at radius 2 is 1.90 bits per heavy atom. The summed E-state index contributed by atoms with van der Waals surface area (Å²) in [5.41, 5.74) is 3.72. The van der Waals surface area contributed by atoms with Gasteiger partial charge in [-0.3, -0.25) is 9.59 Å². The first kappa shape index (κ1) is 21.5. The van der Waals surface area contributed by atoms with Crippen molar-refractivity contribution in [3.8, 4) is 0 Å². The van der Waals surface area contributed by atoms with Crippen LogP contribution in [0.25, 0.3) is 0 Å². The van der Waals surface area contributed by atoms with Crippen molar-refractivity contribution in [2.75, 3.05) is 20.3 Å². The van der Waals surface area contributed by atoms with E-state index < -0.39 is 12.1 Å². The SMILES string of the molecule is COCCNC(=O)[C@@H](Cc1ccccc1)NC(=O)[C@@H]1CC(c2ccccc2C)=NO1. The molecular weight excluding hydrogens is 382 g/mol. The molecule has 0 saturated carbocycles. The molecule has 0 aromatic heterocycles. The van der Waals surface area contributed by atoms with Crippen molar-refractivity contribution in [2.45, 2.75) is 31.9 Å². The van der Waals surface area contributed by atoms with Gasteiger partial charge in [0.05, 0.1) is 12.3 Å². The van der Waals surface area contributed by atoms with Crippen LogP contribution in [0.1, 0.15) is 23.1 Å². The van der Waals surface area contributed by atoms with Gasteiger partial charge in [-0.2, -0.15) is 0 Å². The van der Waals surface area contributed by atoms with Gasteiger partial charge in [0.15, 0.2) is 0 Å². The number of nitrogens with one attached hydrogen (secondary N) is 2. The lowest BCUT2D eigenvalue weighted by Gasteiger charge is -2.20. The van der Waals surface area contributed by atoms with Crippen LogP contribution < -0.4 is 10.6 Å². The molecule has 2 amide bonds. The zero-order chi connectivity index (χ0) is 21.3. The van der Waals surface area contributed by atoms with Gasteiger partial charge in [-0.05, 0) is 18.1 Å². The molecule has 0 aliphatic carbocycles. The van der Waals surface area contributed by atoms with Crippen molar-refractivity contribution in [1.29, 1.82) is 0 Å². The number of benzene rings is 2. The molecule has 2 atom stereocenters. The number of carbonyl (C=O) groups excluding carboxylic acids is 2. The molecule has 0 radical (unpaired) electrons. The van der Waals surface area contributed by atoms with Gasteiger partial charge in [0.1, 0.15) is 6.04 Å². The smallest absolute Gasteiger partial charge is 0.265 e. The molecule has 1 aliphatic rings. The molecule has 0 saturated heterocycles. The highest BCUT2D eigenvalue weighted by atomic mass is 16.6. The maximum absolute atomic E-state index is 12.8. The van der Waals surface area contributed by atoms with Gasteiger partial charge in [-0.1, -0.05) is 59.8 Å². The number of hydrogen-bond acceptors (Lipinski definition) is 5. The Balaban J connectivity index is 1.64. The van der Waals surface area contributed by atoms with Gasteiger partial charge < -0.3 is 20.2 Å². The number of methoxy groups -OCH3 is 1. The summed E-state index contributed by atoms with van der Waals surface area (Å²) in [6.45, 7) is 2.76. The molecule has 1 aliphatic heterocycles. The number of nitrogens with zero attached hydrogens (tertiary/aromatic N) is 1. The van der Waals surface area contributed by atoms with Crippen LogP contribution in [0.2, 0.25) is 0 Å². The molecule has 0 spiro atoms. The zero-order valence-electron chi connectivity index (χ0n) is 17.3. The van der Waals surface area contributed by atoms with Crippen LogP contribution in [0, 0.1) is 6.92 Å². The number of oxime groups is 1. The molecular formula is C23H27N3O4. The quantitative estimate of drug-likeness (QED) is 0.620. The number of hydrogen-bond donors (Lipinski definition) is 2. The summed E-state index contributed by atoms with van der Waals surface area (Å²) < 4.78 is 4.98. The minimum absolute atomic E-state index is 0.262. The number of rotatable bonds is 9. The number of ether oxygens (including phenoxy) is 1. The van der Waals surface area contributed by atoms with Crippen LogP contribution in [0.3, 0.4) is 0 Å². The average molecular weight is 409 g/mol. The molecule has 3 rings (SSSR count). The minimum Gasteiger partial charge on any atom is -0.383 e. The van der Waals surface area contributed by atoms with Crippen molar-refractivity contribution in [2.24, 2.45) is 5.16 Å². The minimum atomic E-state index is -0.760. The summed E-state index contributed by atoms with van der Waals surface area (Å²) in [6.07, 6.45) is -0.0198. The third-order valence-corrected chi connectivity index (χ3v) is 4.94. The lowest BCUT2D eigenvalue weighted by Crippen LogP contribution is -2.51. The molecule has 7 nitrogen and oxygen atoms in total. The van der Waals surface area contributed by atoms with E-state index in [4.69, 9.17) is 9.57 Å². The lowest BCUT2D eigenvalue weighted by atomic mass is 9.99. The van der Waals surface area contributed by atoms with Crippen LogP contribution in [-0.4, -0.2) is 49.9 Å². The average Bonchev–Trinajstić information content (AvgIpc) is 3.24. The molecule has 0 bridgehead atoms. The summed E-state index contributed by atoms with van der Waals surface area (Å²) >= 11 is 0. The molecule has 7 heteroatoms. The molecule has 1 heterocycles. The third kappa shape index (κ3) is 5.67. The van der Waals surface area contributed by atoms with E-state index in [1.165, 1.54) is 0 Å². The van der Waals surface area contributed by atoms with E-state index >= 15 is 0 Å². The molecule has 2 N–H and O–H groups in total. The van der Waals surface area contributed by atoms with Gasteiger partial charge in [0, 0.05) is 32.1 Å². The number of aryl methyl sites for hydroxylation is 1. The second kappa shape index (κ2) is 10.5. The summed E-state index contributed by atoms with van der Waals surface area (Å²) in [7, 11) is 1.57. The van der Waals surface area contributed by atoms with Gasteiger partial charge >= 0.3 is 0 Å². The zero-order valence-corrected chi connectivity index (χ0v) is 17.3.